The summed E-state index contributed by atoms with van der Waals surface area (Å²) in [5.74, 6) is -0.789. The van der Waals surface area contributed by atoms with E-state index in [4.69, 9.17) is 0 Å². The van der Waals surface area contributed by atoms with Gasteiger partial charge in [0.2, 0.25) is 5.91 Å². The van der Waals surface area contributed by atoms with Gasteiger partial charge in [-0.1, -0.05) is 12.8 Å². The summed E-state index contributed by atoms with van der Waals surface area (Å²) in [6.45, 7) is 5.07. The first-order valence-electron chi connectivity index (χ1n) is 9.16. The van der Waals surface area contributed by atoms with Crippen molar-refractivity contribution in [3.05, 3.63) is 24.3 Å². The van der Waals surface area contributed by atoms with Crippen LogP contribution >= 0.6 is 0 Å². The first-order valence-corrected chi connectivity index (χ1v) is 9.16. The molecule has 7 nitrogen and oxygen atoms in total. The maximum absolute atomic E-state index is 12.2. The van der Waals surface area contributed by atoms with E-state index >= 15 is 0 Å². The van der Waals surface area contributed by atoms with E-state index in [0.29, 0.717) is 5.69 Å². The molecule has 2 saturated heterocycles. The number of benzene rings is 1. The minimum Gasteiger partial charge on any atom is -0.372 e. The molecule has 0 unspecified atom stereocenters. The molecular formula is C19H26N4O3. The van der Waals surface area contributed by atoms with E-state index in [1.165, 1.54) is 25.7 Å². The van der Waals surface area contributed by atoms with Gasteiger partial charge in [0.25, 0.3) is 5.91 Å². The van der Waals surface area contributed by atoms with Gasteiger partial charge in [0.05, 0.1) is 0 Å². The van der Waals surface area contributed by atoms with Crippen molar-refractivity contribution in [3.8, 4) is 0 Å². The molecule has 4 amide bonds. The summed E-state index contributed by atoms with van der Waals surface area (Å²) in [5.41, 5.74) is 0.840. The van der Waals surface area contributed by atoms with E-state index in [1.807, 2.05) is 24.3 Å². The standard InChI is InChI=1S/C19H26N4O3/c1-19(2)17(25)23(18(26)21-19)13-16(24)20-14-7-9-15(10-8-14)22-11-5-3-4-6-12-22/h7-10H,3-6,11-13H2,1-2H3,(H,20,24)(H,21,26). The number of carbonyl (C=O) groups is 3. The largest absolute Gasteiger partial charge is 0.372 e. The van der Waals surface area contributed by atoms with E-state index in [0.717, 1.165) is 23.7 Å². The highest BCUT2D eigenvalue weighted by molar-refractivity contribution is 6.09. The van der Waals surface area contributed by atoms with Gasteiger partial charge in [-0.15, -0.1) is 0 Å². The molecule has 3 rings (SSSR count). The van der Waals surface area contributed by atoms with Crippen LogP contribution in [0, 0.1) is 0 Å². The fourth-order valence-electron chi connectivity index (χ4n) is 3.39. The number of rotatable bonds is 4. The van der Waals surface area contributed by atoms with E-state index in [-0.39, 0.29) is 6.54 Å². The second kappa shape index (κ2) is 7.35. The van der Waals surface area contributed by atoms with Crippen LogP contribution in [0.1, 0.15) is 39.5 Å². The van der Waals surface area contributed by atoms with Crippen LogP contribution in [0.3, 0.4) is 0 Å². The average molecular weight is 358 g/mol. The summed E-state index contributed by atoms with van der Waals surface area (Å²) in [6.07, 6.45) is 4.98. The summed E-state index contributed by atoms with van der Waals surface area (Å²) in [4.78, 5) is 39.5. The van der Waals surface area contributed by atoms with Crippen molar-refractivity contribution in [2.75, 3.05) is 29.9 Å². The van der Waals surface area contributed by atoms with E-state index in [9.17, 15) is 14.4 Å². The second-order valence-electron chi connectivity index (χ2n) is 7.44. The van der Waals surface area contributed by atoms with Gasteiger partial charge < -0.3 is 15.5 Å². The maximum atomic E-state index is 12.2. The molecule has 0 bridgehead atoms. The molecule has 0 aromatic heterocycles. The zero-order valence-corrected chi connectivity index (χ0v) is 15.4. The van der Waals surface area contributed by atoms with Crippen molar-refractivity contribution in [1.29, 1.82) is 0 Å². The number of imide groups is 1. The molecule has 1 aromatic carbocycles. The Hall–Kier alpha value is -2.57. The molecule has 2 N–H and O–H groups in total. The van der Waals surface area contributed by atoms with Crippen LogP contribution in [0.4, 0.5) is 16.2 Å². The maximum Gasteiger partial charge on any atom is 0.325 e. The highest BCUT2D eigenvalue weighted by Gasteiger charge is 2.44. The Kier molecular flexibility index (Phi) is 5.15. The van der Waals surface area contributed by atoms with Gasteiger partial charge in [-0.2, -0.15) is 0 Å². The Morgan fingerprint density at radius 1 is 1.08 bits per heavy atom. The van der Waals surface area contributed by atoms with Gasteiger partial charge in [-0.05, 0) is 51.0 Å². The van der Waals surface area contributed by atoms with Crippen molar-refractivity contribution in [2.45, 2.75) is 45.1 Å². The molecule has 140 valence electrons. The minimum atomic E-state index is -0.966. The Balaban J connectivity index is 1.58. The molecule has 2 fully saturated rings. The molecule has 26 heavy (non-hydrogen) atoms. The average Bonchev–Trinajstić information content (AvgIpc) is 2.82. The van der Waals surface area contributed by atoms with Crippen molar-refractivity contribution in [3.63, 3.8) is 0 Å². The van der Waals surface area contributed by atoms with Gasteiger partial charge in [0.15, 0.2) is 0 Å². The molecule has 1 aromatic rings. The Morgan fingerprint density at radius 2 is 1.69 bits per heavy atom. The van der Waals surface area contributed by atoms with Gasteiger partial charge in [0, 0.05) is 24.5 Å². The predicted octanol–water partition coefficient (Wildman–Crippen LogP) is 2.34. The van der Waals surface area contributed by atoms with Crippen LogP contribution < -0.4 is 15.5 Å². The van der Waals surface area contributed by atoms with Crippen molar-refractivity contribution in [1.82, 2.24) is 10.2 Å². The molecule has 0 atom stereocenters. The summed E-state index contributed by atoms with van der Waals surface area (Å²) in [5, 5.41) is 5.31. The smallest absolute Gasteiger partial charge is 0.325 e. The number of carbonyl (C=O) groups excluding carboxylic acids is 3. The fourth-order valence-corrected chi connectivity index (χ4v) is 3.39. The lowest BCUT2D eigenvalue weighted by molar-refractivity contribution is -0.132. The van der Waals surface area contributed by atoms with Gasteiger partial charge in [-0.3, -0.25) is 14.5 Å². The van der Waals surface area contributed by atoms with Gasteiger partial charge in [-0.25, -0.2) is 4.79 Å². The lowest BCUT2D eigenvalue weighted by Gasteiger charge is -2.23. The lowest BCUT2D eigenvalue weighted by Crippen LogP contribution is -2.41. The molecular weight excluding hydrogens is 332 g/mol. The number of amides is 4. The highest BCUT2D eigenvalue weighted by atomic mass is 16.2. The van der Waals surface area contributed by atoms with E-state index < -0.39 is 23.4 Å². The third kappa shape index (κ3) is 3.98. The number of nitrogens with one attached hydrogen (secondary N) is 2. The normalized spacial score (nSPS) is 19.9. The van der Waals surface area contributed by atoms with Crippen LogP contribution in [-0.4, -0.2) is 47.9 Å². The number of urea groups is 1. The summed E-state index contributed by atoms with van der Waals surface area (Å²) in [6, 6.07) is 7.17. The van der Waals surface area contributed by atoms with Crippen LogP contribution in [0.5, 0.6) is 0 Å². The van der Waals surface area contributed by atoms with E-state index in [1.54, 1.807) is 13.8 Å². The third-order valence-electron chi connectivity index (χ3n) is 4.87. The number of hydrogen-bond acceptors (Lipinski definition) is 4. The molecule has 0 saturated carbocycles. The molecule has 0 radical (unpaired) electrons. The molecule has 2 aliphatic heterocycles. The van der Waals surface area contributed by atoms with E-state index in [2.05, 4.69) is 15.5 Å². The summed E-state index contributed by atoms with van der Waals surface area (Å²) < 4.78 is 0. The number of hydrogen-bond donors (Lipinski definition) is 2. The number of anilines is 2. The number of nitrogens with zero attached hydrogens (tertiary/aromatic N) is 2. The highest BCUT2D eigenvalue weighted by Crippen LogP contribution is 2.22. The van der Waals surface area contributed by atoms with Crippen molar-refractivity contribution in [2.24, 2.45) is 0 Å². The van der Waals surface area contributed by atoms with Gasteiger partial charge >= 0.3 is 6.03 Å². The SMILES string of the molecule is CC1(C)NC(=O)N(CC(=O)Nc2ccc(N3CCCCCC3)cc2)C1=O. The Labute approximate surface area is 153 Å². The zero-order chi connectivity index (χ0) is 18.7. The van der Waals surface area contributed by atoms with Gasteiger partial charge in [0.1, 0.15) is 12.1 Å². The second-order valence-corrected chi connectivity index (χ2v) is 7.44. The molecule has 0 spiro atoms. The molecule has 0 aliphatic carbocycles. The van der Waals surface area contributed by atoms with Crippen LogP contribution in [0.25, 0.3) is 0 Å². The molecule has 2 aliphatic rings. The van der Waals surface area contributed by atoms with Crippen molar-refractivity contribution < 1.29 is 14.4 Å². The minimum absolute atomic E-state index is 0.290. The summed E-state index contributed by atoms with van der Waals surface area (Å²) in [7, 11) is 0. The molecule has 2 heterocycles. The molecule has 7 heteroatoms. The van der Waals surface area contributed by atoms with Crippen LogP contribution in [-0.2, 0) is 9.59 Å². The monoisotopic (exact) mass is 358 g/mol. The Bertz CT molecular complexity index is 691. The predicted molar refractivity (Wildman–Crippen MR) is 100 cm³/mol. The lowest BCUT2D eigenvalue weighted by atomic mass is 10.1. The first kappa shape index (κ1) is 18.2. The fraction of sp³-hybridized carbons (Fsp3) is 0.526. The van der Waals surface area contributed by atoms with Crippen LogP contribution in [0.2, 0.25) is 0 Å². The first-order chi connectivity index (χ1) is 12.4. The quantitative estimate of drug-likeness (QED) is 0.810. The summed E-state index contributed by atoms with van der Waals surface area (Å²) >= 11 is 0. The van der Waals surface area contributed by atoms with Crippen LogP contribution in [0.15, 0.2) is 24.3 Å². The zero-order valence-electron chi connectivity index (χ0n) is 15.4. The van der Waals surface area contributed by atoms with Crippen molar-refractivity contribution >= 4 is 29.2 Å². The third-order valence-corrected chi connectivity index (χ3v) is 4.87. The topological polar surface area (TPSA) is 81.8 Å². The Morgan fingerprint density at radius 3 is 2.23 bits per heavy atom.